The highest BCUT2D eigenvalue weighted by molar-refractivity contribution is 6.31. The number of halogens is 1. The maximum atomic E-state index is 8.91. The monoisotopic (exact) mass is 245 g/mol. The van der Waals surface area contributed by atoms with Crippen LogP contribution in [0, 0.1) is 17.2 Å². The van der Waals surface area contributed by atoms with E-state index in [1.165, 1.54) is 44.1 Å². The van der Waals surface area contributed by atoms with E-state index in [1.54, 1.807) is 0 Å². The molecule has 17 heavy (non-hydrogen) atoms. The van der Waals surface area contributed by atoms with Crippen molar-refractivity contribution in [1.29, 1.82) is 5.26 Å². The molecule has 0 radical (unpaired) electrons. The summed E-state index contributed by atoms with van der Waals surface area (Å²) in [6.07, 6.45) is 8.03. The Hall–Kier alpha value is -1.00. The minimum atomic E-state index is 0.367. The molecular formula is C15H16ClN. The van der Waals surface area contributed by atoms with Crippen molar-refractivity contribution in [1.82, 2.24) is 0 Å². The van der Waals surface area contributed by atoms with Gasteiger partial charge in [0.05, 0.1) is 10.6 Å². The van der Waals surface area contributed by atoms with Crippen LogP contribution >= 0.6 is 11.6 Å². The van der Waals surface area contributed by atoms with E-state index in [0.29, 0.717) is 16.0 Å². The summed E-state index contributed by atoms with van der Waals surface area (Å²) < 4.78 is 0. The minimum Gasteiger partial charge on any atom is -0.192 e. The average Bonchev–Trinajstić information content (AvgIpc) is 2.41. The van der Waals surface area contributed by atoms with Crippen molar-refractivity contribution < 1.29 is 0 Å². The van der Waals surface area contributed by atoms with Gasteiger partial charge in [0.15, 0.2) is 0 Å². The van der Waals surface area contributed by atoms with Gasteiger partial charge in [-0.2, -0.15) is 5.26 Å². The van der Waals surface area contributed by atoms with E-state index < -0.39 is 0 Å². The molecule has 1 aromatic rings. The molecule has 3 aliphatic rings. The maximum absolute atomic E-state index is 8.91. The highest BCUT2D eigenvalue weighted by atomic mass is 35.5. The summed E-state index contributed by atoms with van der Waals surface area (Å²) in [4.78, 5) is 0. The summed E-state index contributed by atoms with van der Waals surface area (Å²) in [6, 6.07) is 8.17. The molecular weight excluding hydrogens is 230 g/mol. The molecule has 0 atom stereocenters. The number of hydrogen-bond acceptors (Lipinski definition) is 1. The van der Waals surface area contributed by atoms with Crippen LogP contribution in [0.1, 0.15) is 49.7 Å². The normalized spacial score (nSPS) is 31.2. The molecule has 0 aliphatic heterocycles. The van der Waals surface area contributed by atoms with Crippen LogP contribution in [0.3, 0.4) is 0 Å². The van der Waals surface area contributed by atoms with Gasteiger partial charge in [0.25, 0.3) is 0 Å². The van der Waals surface area contributed by atoms with E-state index >= 15 is 0 Å². The van der Waals surface area contributed by atoms with E-state index in [4.69, 9.17) is 16.9 Å². The first-order valence-electron chi connectivity index (χ1n) is 6.44. The molecule has 2 bridgehead atoms. The molecule has 0 unspecified atom stereocenters. The van der Waals surface area contributed by atoms with Gasteiger partial charge in [0.1, 0.15) is 6.07 Å². The number of benzene rings is 1. The molecule has 0 aromatic heterocycles. The molecule has 0 saturated heterocycles. The van der Waals surface area contributed by atoms with E-state index in [9.17, 15) is 0 Å². The lowest BCUT2D eigenvalue weighted by atomic mass is 9.58. The van der Waals surface area contributed by atoms with Crippen LogP contribution in [0.4, 0.5) is 0 Å². The molecule has 2 heteroatoms. The van der Waals surface area contributed by atoms with Crippen molar-refractivity contribution in [2.75, 3.05) is 0 Å². The smallest absolute Gasteiger partial charge is 0.101 e. The van der Waals surface area contributed by atoms with Gasteiger partial charge < -0.3 is 0 Å². The van der Waals surface area contributed by atoms with Gasteiger partial charge in [0, 0.05) is 0 Å². The number of fused-ring (bicyclic) bond motifs is 3. The SMILES string of the molecule is N#Cc1ccc(C23CCC(CC2)CC3)cc1Cl. The third kappa shape index (κ3) is 1.76. The fourth-order valence-corrected chi connectivity index (χ4v) is 3.84. The van der Waals surface area contributed by atoms with Crippen molar-refractivity contribution in [2.45, 2.75) is 43.9 Å². The van der Waals surface area contributed by atoms with Gasteiger partial charge in [0.2, 0.25) is 0 Å². The van der Waals surface area contributed by atoms with Crippen LogP contribution in [-0.4, -0.2) is 0 Å². The Balaban J connectivity index is 1.98. The Bertz CT molecular complexity index is 464. The van der Waals surface area contributed by atoms with Gasteiger partial charge in [-0.3, -0.25) is 0 Å². The third-order valence-corrected chi connectivity index (χ3v) is 5.11. The Morgan fingerprint density at radius 3 is 2.35 bits per heavy atom. The quantitative estimate of drug-likeness (QED) is 0.718. The van der Waals surface area contributed by atoms with Crippen LogP contribution in [0.5, 0.6) is 0 Å². The predicted molar refractivity (Wildman–Crippen MR) is 69.0 cm³/mol. The summed E-state index contributed by atoms with van der Waals surface area (Å²) >= 11 is 6.16. The molecule has 3 saturated carbocycles. The molecule has 0 heterocycles. The van der Waals surface area contributed by atoms with Crippen molar-refractivity contribution in [3.05, 3.63) is 34.3 Å². The van der Waals surface area contributed by atoms with Crippen LogP contribution in [0.15, 0.2) is 18.2 Å². The first-order valence-corrected chi connectivity index (χ1v) is 6.81. The van der Waals surface area contributed by atoms with Crippen LogP contribution in [0.25, 0.3) is 0 Å². The summed E-state index contributed by atoms with van der Waals surface area (Å²) in [6.45, 7) is 0. The second-order valence-electron chi connectivity index (χ2n) is 5.57. The van der Waals surface area contributed by atoms with Gasteiger partial charge in [-0.15, -0.1) is 0 Å². The Kier molecular flexibility index (Phi) is 2.64. The zero-order chi connectivity index (χ0) is 11.9. The molecule has 4 rings (SSSR count). The molecule has 3 fully saturated rings. The predicted octanol–water partition coefficient (Wildman–Crippen LogP) is 4.43. The summed E-state index contributed by atoms with van der Waals surface area (Å²) in [5, 5.41) is 9.53. The second kappa shape index (κ2) is 4.03. The van der Waals surface area contributed by atoms with Gasteiger partial charge in [-0.25, -0.2) is 0 Å². The van der Waals surface area contributed by atoms with E-state index in [-0.39, 0.29) is 0 Å². The summed E-state index contributed by atoms with van der Waals surface area (Å²) in [7, 11) is 0. The number of rotatable bonds is 1. The van der Waals surface area contributed by atoms with Gasteiger partial charge >= 0.3 is 0 Å². The van der Waals surface area contributed by atoms with Crippen LogP contribution in [0.2, 0.25) is 5.02 Å². The topological polar surface area (TPSA) is 23.8 Å². The van der Waals surface area contributed by atoms with Crippen molar-refractivity contribution in [3.8, 4) is 6.07 Å². The standard InChI is InChI=1S/C15H16ClN/c16-14-9-13(2-1-12(14)10-17)15-6-3-11(4-7-15)5-8-15/h1-2,9,11H,3-8H2. The lowest BCUT2D eigenvalue weighted by molar-refractivity contribution is 0.136. The largest absolute Gasteiger partial charge is 0.192 e. The first kappa shape index (κ1) is 11.1. The van der Waals surface area contributed by atoms with E-state index in [1.807, 2.05) is 12.1 Å². The first-order chi connectivity index (χ1) is 8.23. The Morgan fingerprint density at radius 1 is 1.18 bits per heavy atom. The highest BCUT2D eigenvalue weighted by Crippen LogP contribution is 2.51. The van der Waals surface area contributed by atoms with Crippen LogP contribution in [-0.2, 0) is 5.41 Å². The van der Waals surface area contributed by atoms with Gasteiger partial charge in [-0.1, -0.05) is 17.7 Å². The fraction of sp³-hybridized carbons (Fsp3) is 0.533. The molecule has 0 spiro atoms. The molecule has 3 aliphatic carbocycles. The number of nitriles is 1. The average molecular weight is 246 g/mol. The molecule has 1 nitrogen and oxygen atoms in total. The van der Waals surface area contributed by atoms with E-state index in [0.717, 1.165) is 5.92 Å². The molecule has 0 N–H and O–H groups in total. The molecule has 88 valence electrons. The maximum Gasteiger partial charge on any atom is 0.101 e. The Labute approximate surface area is 107 Å². The second-order valence-corrected chi connectivity index (χ2v) is 5.98. The Morgan fingerprint density at radius 2 is 1.82 bits per heavy atom. The lowest BCUT2D eigenvalue weighted by Gasteiger charge is -2.47. The summed E-state index contributed by atoms with van der Waals surface area (Å²) in [5.41, 5.74) is 2.32. The zero-order valence-electron chi connectivity index (χ0n) is 9.88. The highest BCUT2D eigenvalue weighted by Gasteiger charge is 2.41. The summed E-state index contributed by atoms with van der Waals surface area (Å²) in [5.74, 6) is 0.978. The van der Waals surface area contributed by atoms with Crippen molar-refractivity contribution >= 4 is 11.6 Å². The number of nitrogens with zero attached hydrogens (tertiary/aromatic N) is 1. The fourth-order valence-electron chi connectivity index (χ4n) is 3.62. The third-order valence-electron chi connectivity index (χ3n) is 4.80. The minimum absolute atomic E-state index is 0.367. The lowest BCUT2D eigenvalue weighted by Crippen LogP contribution is -2.37. The van der Waals surface area contributed by atoms with Crippen molar-refractivity contribution in [2.24, 2.45) is 5.92 Å². The van der Waals surface area contributed by atoms with Crippen LogP contribution < -0.4 is 0 Å². The molecule has 0 amide bonds. The molecule has 1 aromatic carbocycles. The number of hydrogen-bond donors (Lipinski definition) is 0. The van der Waals surface area contributed by atoms with Gasteiger partial charge in [-0.05, 0) is 67.6 Å². The van der Waals surface area contributed by atoms with Crippen molar-refractivity contribution in [3.63, 3.8) is 0 Å². The zero-order valence-corrected chi connectivity index (χ0v) is 10.6. The van der Waals surface area contributed by atoms with E-state index in [2.05, 4.69) is 12.1 Å².